The van der Waals surface area contributed by atoms with Crippen molar-refractivity contribution in [1.82, 2.24) is 0 Å². The summed E-state index contributed by atoms with van der Waals surface area (Å²) in [5.41, 5.74) is 2.80. The predicted molar refractivity (Wildman–Crippen MR) is 82.4 cm³/mol. The number of rotatable bonds is 4. The number of ether oxygens (including phenoxy) is 1. The average molecular weight is 288 g/mol. The van der Waals surface area contributed by atoms with E-state index in [1.54, 1.807) is 19.1 Å². The van der Waals surface area contributed by atoms with Gasteiger partial charge < -0.3 is 9.84 Å². The fraction of sp³-hybridized carbons (Fsp3) is 0.333. The number of para-hydroxylation sites is 1. The van der Waals surface area contributed by atoms with Gasteiger partial charge in [0.2, 0.25) is 0 Å². The van der Waals surface area contributed by atoms with E-state index < -0.39 is 11.9 Å². The Kier molecular flexibility index (Phi) is 4.63. The van der Waals surface area contributed by atoms with Gasteiger partial charge in [-0.1, -0.05) is 32.0 Å². The second-order valence-corrected chi connectivity index (χ2v) is 5.61. The van der Waals surface area contributed by atoms with E-state index in [-0.39, 0.29) is 5.75 Å². The molecule has 0 spiro atoms. The SMILES string of the molecule is Cc1cc(Oc2c(F)cccc2[C@@H](C)O)ccc1C(C)C. The van der Waals surface area contributed by atoms with Crippen molar-refractivity contribution in [2.45, 2.75) is 39.7 Å². The van der Waals surface area contributed by atoms with Crippen LogP contribution in [0.25, 0.3) is 0 Å². The first-order chi connectivity index (χ1) is 9.90. The van der Waals surface area contributed by atoms with Crippen LogP contribution in [0.2, 0.25) is 0 Å². The van der Waals surface area contributed by atoms with Crippen molar-refractivity contribution < 1.29 is 14.2 Å². The topological polar surface area (TPSA) is 29.5 Å². The minimum absolute atomic E-state index is 0.0872. The van der Waals surface area contributed by atoms with Crippen molar-refractivity contribution in [2.24, 2.45) is 0 Å². The summed E-state index contributed by atoms with van der Waals surface area (Å²) in [4.78, 5) is 0. The number of hydrogen-bond donors (Lipinski definition) is 1. The Bertz CT molecular complexity index is 633. The zero-order valence-corrected chi connectivity index (χ0v) is 12.9. The van der Waals surface area contributed by atoms with Crippen LogP contribution in [0.3, 0.4) is 0 Å². The van der Waals surface area contributed by atoms with Crippen molar-refractivity contribution in [3.05, 3.63) is 58.9 Å². The van der Waals surface area contributed by atoms with Gasteiger partial charge in [0.1, 0.15) is 5.75 Å². The van der Waals surface area contributed by atoms with Crippen molar-refractivity contribution in [1.29, 1.82) is 0 Å². The molecule has 0 aliphatic carbocycles. The molecule has 21 heavy (non-hydrogen) atoms. The summed E-state index contributed by atoms with van der Waals surface area (Å²) >= 11 is 0. The second-order valence-electron chi connectivity index (χ2n) is 5.61. The number of benzene rings is 2. The second kappa shape index (κ2) is 6.27. The van der Waals surface area contributed by atoms with Gasteiger partial charge in [-0.3, -0.25) is 0 Å². The molecule has 0 radical (unpaired) electrons. The molecule has 2 aromatic carbocycles. The van der Waals surface area contributed by atoms with Gasteiger partial charge in [-0.05, 0) is 49.1 Å². The summed E-state index contributed by atoms with van der Waals surface area (Å²) in [6.07, 6.45) is -0.785. The van der Waals surface area contributed by atoms with E-state index >= 15 is 0 Å². The summed E-state index contributed by atoms with van der Waals surface area (Å²) in [6, 6.07) is 10.3. The van der Waals surface area contributed by atoms with Crippen molar-refractivity contribution in [2.75, 3.05) is 0 Å². The van der Waals surface area contributed by atoms with E-state index in [1.165, 1.54) is 11.6 Å². The minimum atomic E-state index is -0.785. The molecule has 0 unspecified atom stereocenters. The highest BCUT2D eigenvalue weighted by Crippen LogP contribution is 2.33. The highest BCUT2D eigenvalue weighted by Gasteiger charge is 2.15. The molecule has 0 amide bonds. The lowest BCUT2D eigenvalue weighted by Gasteiger charge is -2.16. The van der Waals surface area contributed by atoms with Gasteiger partial charge in [-0.2, -0.15) is 0 Å². The monoisotopic (exact) mass is 288 g/mol. The van der Waals surface area contributed by atoms with Gasteiger partial charge in [-0.25, -0.2) is 4.39 Å². The molecule has 2 aromatic rings. The largest absolute Gasteiger partial charge is 0.454 e. The number of aliphatic hydroxyl groups excluding tert-OH is 1. The first-order valence-corrected chi connectivity index (χ1v) is 7.15. The van der Waals surface area contributed by atoms with Crippen LogP contribution in [-0.4, -0.2) is 5.11 Å². The van der Waals surface area contributed by atoms with E-state index in [0.717, 1.165) is 5.56 Å². The highest BCUT2D eigenvalue weighted by molar-refractivity contribution is 5.43. The highest BCUT2D eigenvalue weighted by atomic mass is 19.1. The first-order valence-electron chi connectivity index (χ1n) is 7.15. The maximum atomic E-state index is 14.0. The smallest absolute Gasteiger partial charge is 0.168 e. The molecule has 1 atom stereocenters. The lowest BCUT2D eigenvalue weighted by molar-refractivity contribution is 0.194. The summed E-state index contributed by atoms with van der Waals surface area (Å²) in [5, 5.41) is 9.73. The minimum Gasteiger partial charge on any atom is -0.454 e. The lowest BCUT2D eigenvalue weighted by Crippen LogP contribution is -1.99. The van der Waals surface area contributed by atoms with Crippen LogP contribution in [0.5, 0.6) is 11.5 Å². The molecule has 0 saturated heterocycles. The zero-order valence-electron chi connectivity index (χ0n) is 12.9. The van der Waals surface area contributed by atoms with Crippen LogP contribution in [0.15, 0.2) is 36.4 Å². The fourth-order valence-corrected chi connectivity index (χ4v) is 2.44. The van der Waals surface area contributed by atoms with Crippen LogP contribution in [0, 0.1) is 12.7 Å². The molecule has 0 aliphatic rings. The molecule has 112 valence electrons. The number of hydrogen-bond acceptors (Lipinski definition) is 2. The normalized spacial score (nSPS) is 12.5. The Morgan fingerprint density at radius 3 is 2.33 bits per heavy atom. The molecule has 0 heterocycles. The Balaban J connectivity index is 2.37. The van der Waals surface area contributed by atoms with E-state index in [0.29, 0.717) is 17.2 Å². The van der Waals surface area contributed by atoms with Crippen LogP contribution >= 0.6 is 0 Å². The maximum Gasteiger partial charge on any atom is 0.168 e. The van der Waals surface area contributed by atoms with Gasteiger partial charge in [0.15, 0.2) is 11.6 Å². The summed E-state index contributed by atoms with van der Waals surface area (Å²) in [6.45, 7) is 7.87. The maximum absolute atomic E-state index is 14.0. The van der Waals surface area contributed by atoms with Crippen molar-refractivity contribution in [3.8, 4) is 11.5 Å². The average Bonchev–Trinajstić information content (AvgIpc) is 2.40. The third-order valence-electron chi connectivity index (χ3n) is 3.53. The number of aryl methyl sites for hydroxylation is 1. The Morgan fingerprint density at radius 2 is 1.76 bits per heavy atom. The summed E-state index contributed by atoms with van der Waals surface area (Å²) in [7, 11) is 0. The summed E-state index contributed by atoms with van der Waals surface area (Å²) < 4.78 is 19.7. The molecule has 0 fully saturated rings. The molecule has 1 N–H and O–H groups in total. The lowest BCUT2D eigenvalue weighted by atomic mass is 9.98. The molecule has 0 bridgehead atoms. The Labute approximate surface area is 125 Å². The van der Waals surface area contributed by atoms with E-state index in [1.807, 2.05) is 25.1 Å². The van der Waals surface area contributed by atoms with Crippen LogP contribution in [-0.2, 0) is 0 Å². The van der Waals surface area contributed by atoms with Crippen LogP contribution in [0.4, 0.5) is 4.39 Å². The van der Waals surface area contributed by atoms with Crippen LogP contribution < -0.4 is 4.74 Å². The molecule has 3 heteroatoms. The van der Waals surface area contributed by atoms with Gasteiger partial charge in [0.05, 0.1) is 6.10 Å². The van der Waals surface area contributed by atoms with Gasteiger partial charge in [0.25, 0.3) is 0 Å². The van der Waals surface area contributed by atoms with E-state index in [4.69, 9.17) is 4.74 Å². The van der Waals surface area contributed by atoms with Crippen molar-refractivity contribution in [3.63, 3.8) is 0 Å². The third kappa shape index (κ3) is 3.42. The predicted octanol–water partition coefficient (Wildman–Crippen LogP) is 5.10. The molecular weight excluding hydrogens is 267 g/mol. The van der Waals surface area contributed by atoms with Crippen LogP contribution in [0.1, 0.15) is 49.5 Å². The fourth-order valence-electron chi connectivity index (χ4n) is 2.44. The Morgan fingerprint density at radius 1 is 1.05 bits per heavy atom. The van der Waals surface area contributed by atoms with Crippen molar-refractivity contribution >= 4 is 0 Å². The molecular formula is C18H21FO2. The first kappa shape index (κ1) is 15.5. The van der Waals surface area contributed by atoms with Gasteiger partial charge in [0, 0.05) is 5.56 Å². The molecule has 0 saturated carbocycles. The molecule has 2 nitrogen and oxygen atoms in total. The van der Waals surface area contributed by atoms with E-state index in [9.17, 15) is 9.50 Å². The Hall–Kier alpha value is -1.87. The quantitative estimate of drug-likeness (QED) is 0.847. The van der Waals surface area contributed by atoms with E-state index in [2.05, 4.69) is 13.8 Å². The zero-order chi connectivity index (χ0) is 15.6. The third-order valence-corrected chi connectivity index (χ3v) is 3.53. The standard InChI is InChI=1S/C18H21FO2/c1-11(2)15-9-8-14(10-12(15)3)21-18-16(13(4)20)6-5-7-17(18)19/h5-11,13,20H,1-4H3/t13-/m1/s1. The number of halogens is 1. The molecule has 2 rings (SSSR count). The van der Waals surface area contributed by atoms with Gasteiger partial charge in [-0.15, -0.1) is 0 Å². The molecule has 0 aromatic heterocycles. The van der Waals surface area contributed by atoms with Gasteiger partial charge >= 0.3 is 0 Å². The molecule has 0 aliphatic heterocycles. The number of aliphatic hydroxyl groups is 1. The summed E-state index contributed by atoms with van der Waals surface area (Å²) in [5.74, 6) is 0.618.